The molecule has 0 unspecified atom stereocenters. The Morgan fingerprint density at radius 3 is 2.64 bits per heavy atom. The zero-order valence-corrected chi connectivity index (χ0v) is 12.3. The molecule has 0 spiro atoms. The van der Waals surface area contributed by atoms with Gasteiger partial charge in [0.2, 0.25) is 0 Å². The monoisotopic (exact) mass is 315 g/mol. The molecule has 0 saturated heterocycles. The van der Waals surface area contributed by atoms with Gasteiger partial charge in [-0.1, -0.05) is 31.9 Å². The molecule has 7 heteroatoms. The first-order valence-electron chi connectivity index (χ1n) is 7.02. The van der Waals surface area contributed by atoms with Crippen molar-refractivity contribution in [3.05, 3.63) is 29.8 Å². The van der Waals surface area contributed by atoms with Gasteiger partial charge >= 0.3 is 12.6 Å². The van der Waals surface area contributed by atoms with Gasteiger partial charge in [-0.25, -0.2) is 4.79 Å². The highest BCUT2D eigenvalue weighted by Gasteiger charge is 2.17. The van der Waals surface area contributed by atoms with E-state index in [-0.39, 0.29) is 11.3 Å². The molecule has 0 fully saturated rings. The molecule has 0 saturated carbocycles. The van der Waals surface area contributed by atoms with E-state index in [1.165, 1.54) is 24.3 Å². The Hall–Kier alpha value is -2.18. The maximum absolute atomic E-state index is 12.2. The van der Waals surface area contributed by atoms with Gasteiger partial charge in [-0.3, -0.25) is 4.79 Å². The lowest BCUT2D eigenvalue weighted by Crippen LogP contribution is -2.29. The molecule has 5 nitrogen and oxygen atoms in total. The molecule has 1 N–H and O–H groups in total. The number of rotatable bonds is 9. The standard InChI is InChI=1S/C15H19F2NO4/c1-2-3-6-9-18-13(19)10-21-14(20)11-7-4-5-8-12(11)22-15(16)17/h4-5,7-8,15H,2-3,6,9-10H2,1H3,(H,18,19). The number of hydrogen-bond donors (Lipinski definition) is 1. The average molecular weight is 315 g/mol. The minimum Gasteiger partial charge on any atom is -0.452 e. The van der Waals surface area contributed by atoms with Crippen molar-refractivity contribution in [2.75, 3.05) is 13.2 Å². The second kappa shape index (κ2) is 9.70. The molecule has 0 atom stereocenters. The van der Waals surface area contributed by atoms with E-state index in [1.54, 1.807) is 0 Å². The molecule has 1 aromatic rings. The lowest BCUT2D eigenvalue weighted by atomic mass is 10.2. The van der Waals surface area contributed by atoms with Gasteiger partial charge in [-0.2, -0.15) is 8.78 Å². The summed E-state index contributed by atoms with van der Waals surface area (Å²) in [7, 11) is 0. The third-order valence-electron chi connectivity index (χ3n) is 2.76. The zero-order chi connectivity index (χ0) is 16.4. The summed E-state index contributed by atoms with van der Waals surface area (Å²) in [6, 6.07) is 5.46. The fourth-order valence-electron chi connectivity index (χ4n) is 1.70. The van der Waals surface area contributed by atoms with Gasteiger partial charge in [0.05, 0.1) is 0 Å². The Morgan fingerprint density at radius 2 is 1.95 bits per heavy atom. The van der Waals surface area contributed by atoms with E-state index >= 15 is 0 Å². The molecule has 1 amide bonds. The van der Waals surface area contributed by atoms with Crippen LogP contribution in [0.4, 0.5) is 8.78 Å². The van der Waals surface area contributed by atoms with Crippen molar-refractivity contribution in [2.24, 2.45) is 0 Å². The maximum atomic E-state index is 12.2. The number of carbonyl (C=O) groups excluding carboxylic acids is 2. The average Bonchev–Trinajstić information content (AvgIpc) is 2.49. The Morgan fingerprint density at radius 1 is 1.23 bits per heavy atom. The van der Waals surface area contributed by atoms with Crippen molar-refractivity contribution in [3.63, 3.8) is 0 Å². The number of esters is 1. The van der Waals surface area contributed by atoms with Gasteiger partial charge < -0.3 is 14.8 Å². The van der Waals surface area contributed by atoms with Crippen LogP contribution in [-0.4, -0.2) is 31.6 Å². The third-order valence-corrected chi connectivity index (χ3v) is 2.76. The molecule has 0 aliphatic carbocycles. The van der Waals surface area contributed by atoms with Crippen LogP contribution in [0, 0.1) is 0 Å². The van der Waals surface area contributed by atoms with E-state index in [4.69, 9.17) is 4.74 Å². The highest BCUT2D eigenvalue weighted by Crippen LogP contribution is 2.20. The Labute approximate surface area is 127 Å². The minimum absolute atomic E-state index is 0.151. The van der Waals surface area contributed by atoms with Crippen LogP contribution >= 0.6 is 0 Å². The van der Waals surface area contributed by atoms with Crippen LogP contribution in [0.3, 0.4) is 0 Å². The van der Waals surface area contributed by atoms with Crippen molar-refractivity contribution < 1.29 is 27.8 Å². The first kappa shape index (κ1) is 17.9. The number of para-hydroxylation sites is 1. The van der Waals surface area contributed by atoms with E-state index in [1.807, 2.05) is 6.92 Å². The van der Waals surface area contributed by atoms with Crippen LogP contribution in [0.1, 0.15) is 36.5 Å². The molecule has 0 bridgehead atoms. The van der Waals surface area contributed by atoms with Gasteiger partial charge in [0, 0.05) is 6.54 Å². The van der Waals surface area contributed by atoms with Crippen LogP contribution in [0.25, 0.3) is 0 Å². The van der Waals surface area contributed by atoms with Crippen LogP contribution in [0.5, 0.6) is 5.75 Å². The molecule has 0 heterocycles. The lowest BCUT2D eigenvalue weighted by Gasteiger charge is -2.10. The molecule has 0 aromatic heterocycles. The molecule has 122 valence electrons. The summed E-state index contributed by atoms with van der Waals surface area (Å²) in [6.07, 6.45) is 2.88. The summed E-state index contributed by atoms with van der Waals surface area (Å²) >= 11 is 0. The van der Waals surface area contributed by atoms with E-state index in [0.29, 0.717) is 6.54 Å². The normalized spacial score (nSPS) is 10.4. The molecule has 0 aliphatic heterocycles. The van der Waals surface area contributed by atoms with E-state index < -0.39 is 25.1 Å². The summed E-state index contributed by atoms with van der Waals surface area (Å²) in [4.78, 5) is 23.3. The molecule has 0 radical (unpaired) electrons. The number of hydrogen-bond acceptors (Lipinski definition) is 4. The topological polar surface area (TPSA) is 64.6 Å². The van der Waals surface area contributed by atoms with E-state index in [9.17, 15) is 18.4 Å². The van der Waals surface area contributed by atoms with Crippen molar-refractivity contribution in [1.82, 2.24) is 5.32 Å². The van der Waals surface area contributed by atoms with Gasteiger partial charge in [-0.15, -0.1) is 0 Å². The molecule has 1 rings (SSSR count). The van der Waals surface area contributed by atoms with Gasteiger partial charge in [0.25, 0.3) is 5.91 Å². The molecule has 22 heavy (non-hydrogen) atoms. The molecular weight excluding hydrogens is 296 g/mol. The molecule has 0 aliphatic rings. The second-order valence-corrected chi connectivity index (χ2v) is 4.51. The summed E-state index contributed by atoms with van der Waals surface area (Å²) in [5.74, 6) is -1.61. The first-order chi connectivity index (χ1) is 10.5. The quantitative estimate of drug-likeness (QED) is 0.562. The number of unbranched alkanes of at least 4 members (excludes halogenated alkanes) is 2. The SMILES string of the molecule is CCCCCNC(=O)COC(=O)c1ccccc1OC(F)F. The number of amides is 1. The number of halogens is 2. The number of benzene rings is 1. The Bertz CT molecular complexity index is 494. The summed E-state index contributed by atoms with van der Waals surface area (Å²) in [6.45, 7) is -0.956. The van der Waals surface area contributed by atoms with Gasteiger partial charge in [0.15, 0.2) is 6.61 Å². The van der Waals surface area contributed by atoms with Crippen molar-refractivity contribution in [2.45, 2.75) is 32.8 Å². The minimum atomic E-state index is -3.05. The fraction of sp³-hybridized carbons (Fsp3) is 0.467. The van der Waals surface area contributed by atoms with E-state index in [0.717, 1.165) is 19.3 Å². The van der Waals surface area contributed by atoms with Crippen LogP contribution < -0.4 is 10.1 Å². The summed E-state index contributed by atoms with van der Waals surface area (Å²) in [5.41, 5.74) is -0.151. The number of nitrogens with one attached hydrogen (secondary N) is 1. The Kier molecular flexibility index (Phi) is 7.88. The predicted molar refractivity (Wildman–Crippen MR) is 75.9 cm³/mol. The first-order valence-corrected chi connectivity index (χ1v) is 7.02. The van der Waals surface area contributed by atoms with Gasteiger partial charge in [0.1, 0.15) is 11.3 Å². The highest BCUT2D eigenvalue weighted by molar-refractivity contribution is 5.93. The fourth-order valence-corrected chi connectivity index (χ4v) is 1.70. The zero-order valence-electron chi connectivity index (χ0n) is 12.3. The van der Waals surface area contributed by atoms with Crippen LogP contribution in [0.15, 0.2) is 24.3 Å². The largest absolute Gasteiger partial charge is 0.452 e. The van der Waals surface area contributed by atoms with Crippen molar-refractivity contribution >= 4 is 11.9 Å². The summed E-state index contributed by atoms with van der Waals surface area (Å²) < 4.78 is 33.5. The maximum Gasteiger partial charge on any atom is 0.387 e. The molecular formula is C15H19F2NO4. The van der Waals surface area contributed by atoms with Gasteiger partial charge in [-0.05, 0) is 18.6 Å². The Balaban J connectivity index is 2.47. The van der Waals surface area contributed by atoms with Crippen LogP contribution in [-0.2, 0) is 9.53 Å². The number of alkyl halides is 2. The molecule has 1 aromatic carbocycles. The third kappa shape index (κ3) is 6.51. The summed E-state index contributed by atoms with van der Waals surface area (Å²) in [5, 5.41) is 2.60. The highest BCUT2D eigenvalue weighted by atomic mass is 19.3. The smallest absolute Gasteiger partial charge is 0.387 e. The van der Waals surface area contributed by atoms with Crippen LogP contribution in [0.2, 0.25) is 0 Å². The lowest BCUT2D eigenvalue weighted by molar-refractivity contribution is -0.124. The number of carbonyl (C=O) groups is 2. The second-order valence-electron chi connectivity index (χ2n) is 4.51. The van der Waals surface area contributed by atoms with E-state index in [2.05, 4.69) is 10.1 Å². The predicted octanol–water partition coefficient (Wildman–Crippen LogP) is 2.75. The van der Waals surface area contributed by atoms with Crippen molar-refractivity contribution in [1.29, 1.82) is 0 Å². The van der Waals surface area contributed by atoms with Crippen molar-refractivity contribution in [3.8, 4) is 5.75 Å². The number of ether oxygens (including phenoxy) is 2.